The number of sulfonamides is 1. The van der Waals surface area contributed by atoms with Gasteiger partial charge in [-0.3, -0.25) is 4.31 Å². The Balaban J connectivity index is 2.52. The molecule has 2 rings (SSSR count). The molecule has 0 atom stereocenters. The number of halogens is 2. The van der Waals surface area contributed by atoms with Gasteiger partial charge in [-0.15, -0.1) is 0 Å². The number of nitrogens with two attached hydrogens (primary N) is 1. The van der Waals surface area contributed by atoms with E-state index in [2.05, 4.69) is 0 Å². The number of rotatable bonds is 3. The highest BCUT2D eigenvalue weighted by molar-refractivity contribution is 7.93. The first-order chi connectivity index (χ1) is 9.34. The molecule has 0 aromatic heterocycles. The van der Waals surface area contributed by atoms with Crippen molar-refractivity contribution in [2.75, 3.05) is 17.1 Å². The number of nitrogen functional groups attached to an aromatic ring is 1. The maximum Gasteiger partial charge on any atom is 0.265 e. The van der Waals surface area contributed by atoms with Crippen LogP contribution >= 0.6 is 11.6 Å². The highest BCUT2D eigenvalue weighted by Crippen LogP contribution is 2.29. The first-order valence-corrected chi connectivity index (χ1v) is 7.44. The van der Waals surface area contributed by atoms with Gasteiger partial charge in [-0.05, 0) is 30.3 Å². The van der Waals surface area contributed by atoms with Crippen LogP contribution in [0.1, 0.15) is 0 Å². The van der Waals surface area contributed by atoms with Crippen molar-refractivity contribution in [2.45, 2.75) is 4.90 Å². The minimum absolute atomic E-state index is 0.0789. The lowest BCUT2D eigenvalue weighted by Gasteiger charge is -2.20. The van der Waals surface area contributed by atoms with Crippen molar-refractivity contribution in [2.24, 2.45) is 0 Å². The predicted octanol–water partition coefficient (Wildman–Crippen LogP) is 2.89. The molecule has 4 nitrogen and oxygen atoms in total. The zero-order chi connectivity index (χ0) is 14.9. The van der Waals surface area contributed by atoms with Crippen LogP contribution < -0.4 is 10.0 Å². The van der Waals surface area contributed by atoms with Gasteiger partial charge in [0.05, 0.1) is 10.7 Å². The molecule has 0 aliphatic heterocycles. The van der Waals surface area contributed by atoms with Crippen LogP contribution in [0.4, 0.5) is 15.8 Å². The minimum atomic E-state index is -3.94. The van der Waals surface area contributed by atoms with Gasteiger partial charge in [-0.25, -0.2) is 12.8 Å². The van der Waals surface area contributed by atoms with Gasteiger partial charge in [0.2, 0.25) is 0 Å². The molecule has 0 spiro atoms. The third-order valence-electron chi connectivity index (χ3n) is 2.79. The Morgan fingerprint density at radius 1 is 1.20 bits per heavy atom. The Labute approximate surface area is 121 Å². The topological polar surface area (TPSA) is 63.4 Å². The molecule has 2 N–H and O–H groups in total. The van der Waals surface area contributed by atoms with Crippen LogP contribution in [0, 0.1) is 5.82 Å². The van der Waals surface area contributed by atoms with Crippen LogP contribution in [0.25, 0.3) is 0 Å². The Morgan fingerprint density at radius 2 is 1.85 bits per heavy atom. The lowest BCUT2D eigenvalue weighted by Crippen LogP contribution is -2.27. The second-order valence-corrected chi connectivity index (χ2v) is 6.46. The molecule has 0 amide bonds. The second kappa shape index (κ2) is 5.30. The van der Waals surface area contributed by atoms with Gasteiger partial charge in [0.15, 0.2) is 0 Å². The summed E-state index contributed by atoms with van der Waals surface area (Å²) in [5.74, 6) is -0.719. The van der Waals surface area contributed by atoms with E-state index < -0.39 is 15.8 Å². The molecule has 0 radical (unpaired) electrons. The fraction of sp³-hybridized carbons (Fsp3) is 0.0769. The Kier molecular flexibility index (Phi) is 3.87. The monoisotopic (exact) mass is 314 g/mol. The summed E-state index contributed by atoms with van der Waals surface area (Å²) in [5.41, 5.74) is 5.56. The Hall–Kier alpha value is -1.79. The van der Waals surface area contributed by atoms with Crippen LogP contribution in [-0.4, -0.2) is 15.5 Å². The van der Waals surface area contributed by atoms with Crippen molar-refractivity contribution in [1.82, 2.24) is 0 Å². The smallest absolute Gasteiger partial charge is 0.265 e. The van der Waals surface area contributed by atoms with Crippen LogP contribution in [0.2, 0.25) is 5.02 Å². The molecule has 0 saturated heterocycles. The summed E-state index contributed by atoms with van der Waals surface area (Å²) in [4.78, 5) is -0.0830. The molecule has 2 aromatic carbocycles. The molecule has 7 heteroatoms. The first-order valence-electron chi connectivity index (χ1n) is 5.62. The molecule has 0 bridgehead atoms. The fourth-order valence-corrected chi connectivity index (χ4v) is 3.40. The summed E-state index contributed by atoms with van der Waals surface area (Å²) < 4.78 is 39.5. The number of hydrogen-bond donors (Lipinski definition) is 1. The molecule has 0 aliphatic carbocycles. The fourth-order valence-electron chi connectivity index (χ4n) is 1.71. The minimum Gasteiger partial charge on any atom is -0.399 e. The van der Waals surface area contributed by atoms with Gasteiger partial charge in [-0.1, -0.05) is 23.7 Å². The molecule has 106 valence electrons. The van der Waals surface area contributed by atoms with Crippen LogP contribution in [0.3, 0.4) is 0 Å². The third-order valence-corrected chi connectivity index (χ3v) is 5.06. The Morgan fingerprint density at radius 3 is 2.45 bits per heavy atom. The summed E-state index contributed by atoms with van der Waals surface area (Å²) >= 11 is 5.89. The van der Waals surface area contributed by atoms with E-state index in [0.717, 1.165) is 10.4 Å². The summed E-state index contributed by atoms with van der Waals surface area (Å²) in [7, 11) is -2.68. The van der Waals surface area contributed by atoms with E-state index in [-0.39, 0.29) is 21.3 Å². The van der Waals surface area contributed by atoms with Gasteiger partial charge in [-0.2, -0.15) is 0 Å². The van der Waals surface area contributed by atoms with Crippen molar-refractivity contribution in [1.29, 1.82) is 0 Å². The van der Waals surface area contributed by atoms with Gasteiger partial charge >= 0.3 is 0 Å². The molecule has 2 aromatic rings. The van der Waals surface area contributed by atoms with Crippen molar-refractivity contribution >= 4 is 33.0 Å². The predicted molar refractivity (Wildman–Crippen MR) is 77.9 cm³/mol. The zero-order valence-electron chi connectivity index (χ0n) is 10.5. The van der Waals surface area contributed by atoms with Crippen molar-refractivity contribution in [3.63, 3.8) is 0 Å². The van der Waals surface area contributed by atoms with Gasteiger partial charge in [0, 0.05) is 12.7 Å². The molecular formula is C13H12ClFN2O2S. The lowest BCUT2D eigenvalue weighted by atomic mass is 10.3. The molecule has 0 unspecified atom stereocenters. The molecule has 0 fully saturated rings. The molecule has 0 saturated carbocycles. The Bertz CT molecular complexity index is 750. The summed E-state index contributed by atoms with van der Waals surface area (Å²) in [6.07, 6.45) is 0. The summed E-state index contributed by atoms with van der Waals surface area (Å²) in [6.45, 7) is 0. The molecule has 20 heavy (non-hydrogen) atoms. The quantitative estimate of drug-likeness (QED) is 0.886. The van der Waals surface area contributed by atoms with E-state index in [9.17, 15) is 12.8 Å². The average Bonchev–Trinajstić information content (AvgIpc) is 2.38. The second-order valence-electron chi connectivity index (χ2n) is 4.11. The first kappa shape index (κ1) is 14.6. The molecule has 0 heterocycles. The standard InChI is InChI=1S/C13H12ClFN2O2S/c1-17(12-7-6-9(16)8-11(12)15)20(18,19)13-5-3-2-4-10(13)14/h2-8H,16H2,1H3. The van der Waals surface area contributed by atoms with Crippen molar-refractivity contribution < 1.29 is 12.8 Å². The molecular weight excluding hydrogens is 303 g/mol. The number of anilines is 2. The maximum absolute atomic E-state index is 13.8. The van der Waals surface area contributed by atoms with E-state index >= 15 is 0 Å². The van der Waals surface area contributed by atoms with Crippen molar-refractivity contribution in [3.05, 3.63) is 53.3 Å². The van der Waals surface area contributed by atoms with E-state index in [1.54, 1.807) is 12.1 Å². The van der Waals surface area contributed by atoms with Gasteiger partial charge in [0.25, 0.3) is 10.0 Å². The normalized spacial score (nSPS) is 11.3. The van der Waals surface area contributed by atoms with E-state index in [4.69, 9.17) is 17.3 Å². The van der Waals surface area contributed by atoms with E-state index in [1.165, 1.54) is 31.3 Å². The molecule has 0 aliphatic rings. The SMILES string of the molecule is CN(c1ccc(N)cc1F)S(=O)(=O)c1ccccc1Cl. The number of benzene rings is 2. The zero-order valence-corrected chi connectivity index (χ0v) is 12.1. The van der Waals surface area contributed by atoms with Crippen molar-refractivity contribution in [3.8, 4) is 0 Å². The van der Waals surface area contributed by atoms with Gasteiger partial charge in [0.1, 0.15) is 10.7 Å². The summed E-state index contributed by atoms with van der Waals surface area (Å²) in [5, 5.41) is 0.0789. The van der Waals surface area contributed by atoms with Crippen LogP contribution in [-0.2, 0) is 10.0 Å². The summed E-state index contributed by atoms with van der Waals surface area (Å²) in [6, 6.07) is 9.78. The van der Waals surface area contributed by atoms with Gasteiger partial charge < -0.3 is 5.73 Å². The van der Waals surface area contributed by atoms with Crippen LogP contribution in [0.15, 0.2) is 47.4 Å². The highest BCUT2D eigenvalue weighted by atomic mass is 35.5. The third kappa shape index (κ3) is 2.57. The van der Waals surface area contributed by atoms with E-state index in [1.807, 2.05) is 0 Å². The van der Waals surface area contributed by atoms with E-state index in [0.29, 0.717) is 0 Å². The number of hydrogen-bond acceptors (Lipinski definition) is 3. The largest absolute Gasteiger partial charge is 0.399 e. The average molecular weight is 315 g/mol. The number of nitrogens with zero attached hydrogens (tertiary/aromatic N) is 1. The van der Waals surface area contributed by atoms with Crippen LogP contribution in [0.5, 0.6) is 0 Å². The highest BCUT2D eigenvalue weighted by Gasteiger charge is 2.25. The maximum atomic E-state index is 13.8. The lowest BCUT2D eigenvalue weighted by molar-refractivity contribution is 0.590.